The first-order chi connectivity index (χ1) is 8.88. The Bertz CT molecular complexity index is 719. The van der Waals surface area contributed by atoms with Gasteiger partial charge in [-0.1, -0.05) is 17.7 Å². The molecule has 0 bridgehead atoms. The average Bonchev–Trinajstić information content (AvgIpc) is 2.33. The van der Waals surface area contributed by atoms with E-state index in [9.17, 15) is 13.5 Å². The maximum absolute atomic E-state index is 12.1. The van der Waals surface area contributed by atoms with Crippen molar-refractivity contribution in [2.75, 3.05) is 4.72 Å². The van der Waals surface area contributed by atoms with E-state index in [1.807, 2.05) is 0 Å². The fraction of sp³-hybridized carbons (Fsp3) is 0. The van der Waals surface area contributed by atoms with Crippen molar-refractivity contribution in [2.45, 2.75) is 4.90 Å². The lowest BCUT2D eigenvalue weighted by molar-refractivity contribution is 0.473. The van der Waals surface area contributed by atoms with Crippen molar-refractivity contribution in [1.82, 2.24) is 0 Å². The van der Waals surface area contributed by atoms with Crippen LogP contribution in [0.4, 0.5) is 5.69 Å². The summed E-state index contributed by atoms with van der Waals surface area (Å²) in [6.07, 6.45) is 0. The molecule has 0 spiro atoms. The third kappa shape index (κ3) is 3.52. The number of rotatable bonds is 3. The van der Waals surface area contributed by atoms with Gasteiger partial charge in [-0.05, 0) is 52.9 Å². The molecule has 0 aliphatic heterocycles. The van der Waals surface area contributed by atoms with Gasteiger partial charge in [-0.2, -0.15) is 0 Å². The quantitative estimate of drug-likeness (QED) is 0.763. The highest BCUT2D eigenvalue weighted by Gasteiger charge is 2.16. The highest BCUT2D eigenvalue weighted by Crippen LogP contribution is 2.27. The molecule has 7 heteroatoms. The van der Waals surface area contributed by atoms with E-state index < -0.39 is 10.0 Å². The van der Waals surface area contributed by atoms with E-state index in [0.29, 0.717) is 10.7 Å². The maximum atomic E-state index is 12.1. The third-order valence-electron chi connectivity index (χ3n) is 2.30. The van der Waals surface area contributed by atoms with E-state index >= 15 is 0 Å². The molecule has 0 unspecified atom stereocenters. The normalized spacial score (nSPS) is 11.3. The van der Waals surface area contributed by atoms with Crippen LogP contribution in [0.15, 0.2) is 47.4 Å². The average molecular weight is 410 g/mol. The number of aromatic hydroxyl groups is 1. The summed E-state index contributed by atoms with van der Waals surface area (Å²) in [5, 5.41) is 9.63. The number of sulfonamides is 1. The van der Waals surface area contributed by atoms with Gasteiger partial charge >= 0.3 is 0 Å². The molecule has 2 N–H and O–H groups in total. The van der Waals surface area contributed by atoms with Crippen molar-refractivity contribution in [2.24, 2.45) is 0 Å². The Hall–Kier alpha value is -0.990. The van der Waals surface area contributed by atoms with E-state index in [1.54, 1.807) is 18.2 Å². The largest absolute Gasteiger partial charge is 0.508 e. The molecule has 2 aromatic rings. The first-order valence-corrected chi connectivity index (χ1v) is 8.09. The smallest absolute Gasteiger partial charge is 0.262 e. The molecule has 0 radical (unpaired) electrons. The topological polar surface area (TPSA) is 66.4 Å². The number of halogens is 2. The second-order valence-corrected chi connectivity index (χ2v) is 7.06. The van der Waals surface area contributed by atoms with Crippen LogP contribution >= 0.6 is 34.2 Å². The Morgan fingerprint density at radius 1 is 1.16 bits per heavy atom. The molecule has 0 aromatic heterocycles. The van der Waals surface area contributed by atoms with Gasteiger partial charge in [0.2, 0.25) is 0 Å². The molecule has 0 aliphatic rings. The Balaban J connectivity index is 2.36. The number of anilines is 1. The minimum absolute atomic E-state index is 0.0258. The molecule has 0 fully saturated rings. The van der Waals surface area contributed by atoms with Crippen molar-refractivity contribution >= 4 is 49.9 Å². The fourth-order valence-corrected chi connectivity index (χ4v) is 3.50. The standard InChI is InChI=1S/C12H9ClINO3S/c13-11-6-8(14)4-5-12(11)15-19(17,18)10-3-1-2-9(16)7-10/h1-7,15-16H. The molecule has 4 nitrogen and oxygen atoms in total. The van der Waals surface area contributed by atoms with Gasteiger partial charge in [-0.3, -0.25) is 4.72 Å². The van der Waals surface area contributed by atoms with E-state index in [4.69, 9.17) is 11.6 Å². The Morgan fingerprint density at radius 3 is 2.53 bits per heavy atom. The van der Waals surface area contributed by atoms with E-state index in [-0.39, 0.29) is 10.6 Å². The lowest BCUT2D eigenvalue weighted by Crippen LogP contribution is -2.13. The highest BCUT2D eigenvalue weighted by atomic mass is 127. The molecule has 19 heavy (non-hydrogen) atoms. The minimum Gasteiger partial charge on any atom is -0.508 e. The second kappa shape index (κ2) is 5.56. The Labute approximate surface area is 129 Å². The summed E-state index contributed by atoms with van der Waals surface area (Å²) in [5.74, 6) is -0.114. The molecular formula is C12H9ClINO3S. The lowest BCUT2D eigenvalue weighted by atomic mass is 10.3. The fourth-order valence-electron chi connectivity index (χ4n) is 1.43. The van der Waals surface area contributed by atoms with Gasteiger partial charge in [0.05, 0.1) is 15.6 Å². The van der Waals surface area contributed by atoms with Crippen molar-refractivity contribution in [3.63, 3.8) is 0 Å². The second-order valence-electron chi connectivity index (χ2n) is 3.73. The van der Waals surface area contributed by atoms with Crippen LogP contribution in [0.5, 0.6) is 5.75 Å². The van der Waals surface area contributed by atoms with Crippen molar-refractivity contribution in [3.05, 3.63) is 51.1 Å². The predicted molar refractivity (Wildman–Crippen MR) is 83.1 cm³/mol. The van der Waals surface area contributed by atoms with Gasteiger partial charge in [0, 0.05) is 9.64 Å². The number of hydrogen-bond donors (Lipinski definition) is 2. The zero-order valence-corrected chi connectivity index (χ0v) is 13.2. The van der Waals surface area contributed by atoms with Gasteiger partial charge in [0.15, 0.2) is 0 Å². The molecule has 0 saturated carbocycles. The number of hydrogen-bond acceptors (Lipinski definition) is 3. The molecule has 0 atom stereocenters. The van der Waals surface area contributed by atoms with Crippen molar-refractivity contribution in [1.29, 1.82) is 0 Å². The Morgan fingerprint density at radius 2 is 1.89 bits per heavy atom. The summed E-state index contributed by atoms with van der Waals surface area (Å²) in [5.41, 5.74) is 0.297. The van der Waals surface area contributed by atoms with Crippen LogP contribution in [0.3, 0.4) is 0 Å². The Kier molecular flexibility index (Phi) is 4.22. The highest BCUT2D eigenvalue weighted by molar-refractivity contribution is 14.1. The number of nitrogens with one attached hydrogen (secondary N) is 1. The number of phenolic OH excluding ortho intramolecular Hbond substituents is 1. The van der Waals surface area contributed by atoms with E-state index in [1.165, 1.54) is 24.3 Å². The summed E-state index contributed by atoms with van der Waals surface area (Å²) in [6, 6.07) is 10.4. The number of benzene rings is 2. The summed E-state index contributed by atoms with van der Waals surface area (Å²) >= 11 is 8.05. The molecule has 2 rings (SSSR count). The van der Waals surface area contributed by atoms with Crippen molar-refractivity contribution in [3.8, 4) is 5.75 Å². The van der Waals surface area contributed by atoms with Crippen molar-refractivity contribution < 1.29 is 13.5 Å². The van der Waals surface area contributed by atoms with Gasteiger partial charge in [-0.15, -0.1) is 0 Å². The molecule has 0 heterocycles. The van der Waals surface area contributed by atoms with E-state index in [0.717, 1.165) is 3.57 Å². The van der Waals surface area contributed by atoms with Gasteiger partial charge < -0.3 is 5.11 Å². The molecule has 0 amide bonds. The van der Waals surface area contributed by atoms with Crippen LogP contribution in [-0.4, -0.2) is 13.5 Å². The first-order valence-electron chi connectivity index (χ1n) is 5.15. The summed E-state index contributed by atoms with van der Waals surface area (Å²) in [4.78, 5) is -0.0258. The zero-order valence-electron chi connectivity index (χ0n) is 9.47. The molecule has 2 aromatic carbocycles. The van der Waals surface area contributed by atoms with Crippen LogP contribution in [0.2, 0.25) is 5.02 Å². The predicted octanol–water partition coefficient (Wildman–Crippen LogP) is 3.45. The monoisotopic (exact) mass is 409 g/mol. The minimum atomic E-state index is -3.77. The summed E-state index contributed by atoms with van der Waals surface area (Å²) in [7, 11) is -3.77. The van der Waals surface area contributed by atoms with Crippen LogP contribution in [0, 0.1) is 3.57 Å². The van der Waals surface area contributed by atoms with E-state index in [2.05, 4.69) is 27.3 Å². The SMILES string of the molecule is O=S(=O)(Nc1ccc(I)cc1Cl)c1cccc(O)c1. The zero-order chi connectivity index (χ0) is 14.0. The summed E-state index contributed by atoms with van der Waals surface area (Å²) in [6.45, 7) is 0. The number of phenols is 1. The van der Waals surface area contributed by atoms with Crippen LogP contribution in [0.1, 0.15) is 0 Å². The van der Waals surface area contributed by atoms with Gasteiger partial charge in [-0.25, -0.2) is 8.42 Å². The lowest BCUT2D eigenvalue weighted by Gasteiger charge is -2.10. The van der Waals surface area contributed by atoms with Crippen LogP contribution in [-0.2, 0) is 10.0 Å². The molecular weight excluding hydrogens is 401 g/mol. The van der Waals surface area contributed by atoms with Crippen LogP contribution < -0.4 is 4.72 Å². The third-order valence-corrected chi connectivity index (χ3v) is 4.65. The van der Waals surface area contributed by atoms with Gasteiger partial charge in [0.1, 0.15) is 5.75 Å². The van der Waals surface area contributed by atoms with Crippen LogP contribution in [0.25, 0.3) is 0 Å². The summed E-state index contributed by atoms with van der Waals surface area (Å²) < 4.78 is 27.5. The maximum Gasteiger partial charge on any atom is 0.262 e. The molecule has 100 valence electrons. The first kappa shape index (κ1) is 14.4. The van der Waals surface area contributed by atoms with Gasteiger partial charge in [0.25, 0.3) is 10.0 Å². The molecule has 0 saturated heterocycles. The molecule has 0 aliphatic carbocycles.